The number of aromatic nitrogens is 2. The van der Waals surface area contributed by atoms with E-state index in [-0.39, 0.29) is 0 Å². The van der Waals surface area contributed by atoms with Crippen LogP contribution in [-0.2, 0) is 0 Å². The van der Waals surface area contributed by atoms with E-state index in [4.69, 9.17) is 11.6 Å². The maximum Gasteiger partial charge on any atom is 0.134 e. The molecule has 0 spiro atoms. The molecule has 0 bridgehead atoms. The SMILES string of the molecule is CCNc1cc(-c2ccc(Cl)cc2F)ncn1. The first-order valence-electron chi connectivity index (χ1n) is 5.22. The van der Waals surface area contributed by atoms with E-state index in [1.54, 1.807) is 18.2 Å². The smallest absolute Gasteiger partial charge is 0.134 e. The molecule has 0 atom stereocenters. The Morgan fingerprint density at radius 2 is 2.12 bits per heavy atom. The largest absolute Gasteiger partial charge is 0.370 e. The molecule has 0 aliphatic carbocycles. The van der Waals surface area contributed by atoms with Crippen molar-refractivity contribution in [2.24, 2.45) is 0 Å². The van der Waals surface area contributed by atoms with E-state index < -0.39 is 5.82 Å². The third-order valence-electron chi connectivity index (χ3n) is 2.23. The van der Waals surface area contributed by atoms with Crippen molar-refractivity contribution < 1.29 is 4.39 Å². The lowest BCUT2D eigenvalue weighted by atomic mass is 10.1. The average molecular weight is 252 g/mol. The Bertz CT molecular complexity index is 531. The summed E-state index contributed by atoms with van der Waals surface area (Å²) in [5.41, 5.74) is 0.945. The summed E-state index contributed by atoms with van der Waals surface area (Å²) in [6, 6.07) is 6.21. The minimum atomic E-state index is -0.390. The number of benzene rings is 1. The van der Waals surface area contributed by atoms with Crippen LogP contribution in [0.3, 0.4) is 0 Å². The molecule has 0 amide bonds. The Morgan fingerprint density at radius 3 is 2.82 bits per heavy atom. The third-order valence-corrected chi connectivity index (χ3v) is 2.47. The summed E-state index contributed by atoms with van der Waals surface area (Å²) in [7, 11) is 0. The highest BCUT2D eigenvalue weighted by Gasteiger charge is 2.07. The lowest BCUT2D eigenvalue weighted by Crippen LogP contribution is -2.00. The number of hydrogen-bond donors (Lipinski definition) is 1. The first kappa shape index (κ1) is 11.8. The molecule has 0 aliphatic heterocycles. The van der Waals surface area contributed by atoms with E-state index in [1.165, 1.54) is 12.4 Å². The Morgan fingerprint density at radius 1 is 1.29 bits per heavy atom. The maximum atomic E-state index is 13.7. The van der Waals surface area contributed by atoms with Crippen molar-refractivity contribution in [3.8, 4) is 11.3 Å². The summed E-state index contributed by atoms with van der Waals surface area (Å²) in [5, 5.41) is 3.42. The third kappa shape index (κ3) is 2.71. The predicted molar refractivity (Wildman–Crippen MR) is 66.6 cm³/mol. The normalized spacial score (nSPS) is 10.3. The van der Waals surface area contributed by atoms with Gasteiger partial charge in [-0.05, 0) is 25.1 Å². The Labute approximate surface area is 104 Å². The van der Waals surface area contributed by atoms with Crippen molar-refractivity contribution in [1.29, 1.82) is 0 Å². The number of nitrogens with zero attached hydrogens (tertiary/aromatic N) is 2. The van der Waals surface area contributed by atoms with E-state index in [0.29, 0.717) is 22.1 Å². The van der Waals surface area contributed by atoms with E-state index in [1.807, 2.05) is 6.92 Å². The Hall–Kier alpha value is -1.68. The lowest BCUT2D eigenvalue weighted by Gasteiger charge is -2.05. The minimum Gasteiger partial charge on any atom is -0.370 e. The second kappa shape index (κ2) is 5.10. The van der Waals surface area contributed by atoms with Crippen LogP contribution in [0.4, 0.5) is 10.2 Å². The van der Waals surface area contributed by atoms with E-state index in [0.717, 1.165) is 6.54 Å². The van der Waals surface area contributed by atoms with Crippen molar-refractivity contribution in [1.82, 2.24) is 9.97 Å². The number of nitrogens with one attached hydrogen (secondary N) is 1. The number of anilines is 1. The molecule has 2 rings (SSSR count). The fraction of sp³-hybridized carbons (Fsp3) is 0.167. The number of hydrogen-bond acceptors (Lipinski definition) is 3. The second-order valence-corrected chi connectivity index (χ2v) is 3.88. The van der Waals surface area contributed by atoms with Crippen LogP contribution in [-0.4, -0.2) is 16.5 Å². The van der Waals surface area contributed by atoms with Crippen molar-refractivity contribution in [2.75, 3.05) is 11.9 Å². The van der Waals surface area contributed by atoms with Crippen molar-refractivity contribution in [3.63, 3.8) is 0 Å². The predicted octanol–water partition coefficient (Wildman–Crippen LogP) is 3.37. The van der Waals surface area contributed by atoms with Gasteiger partial charge in [0.05, 0.1) is 5.69 Å². The molecule has 88 valence electrons. The maximum absolute atomic E-state index is 13.7. The van der Waals surface area contributed by atoms with E-state index >= 15 is 0 Å². The van der Waals surface area contributed by atoms with Gasteiger partial charge >= 0.3 is 0 Å². The zero-order chi connectivity index (χ0) is 12.3. The molecule has 1 heterocycles. The molecule has 1 aromatic carbocycles. The summed E-state index contributed by atoms with van der Waals surface area (Å²) in [5.74, 6) is 0.283. The highest BCUT2D eigenvalue weighted by atomic mass is 35.5. The summed E-state index contributed by atoms with van der Waals surface area (Å²) >= 11 is 5.70. The van der Waals surface area contributed by atoms with Crippen LogP contribution in [0.15, 0.2) is 30.6 Å². The summed E-state index contributed by atoms with van der Waals surface area (Å²) in [6.45, 7) is 2.71. The van der Waals surface area contributed by atoms with Crippen LogP contribution < -0.4 is 5.32 Å². The van der Waals surface area contributed by atoms with E-state index in [9.17, 15) is 4.39 Å². The van der Waals surface area contributed by atoms with Gasteiger partial charge in [0.1, 0.15) is 18.0 Å². The molecule has 0 unspecified atom stereocenters. The molecule has 5 heteroatoms. The number of halogens is 2. The van der Waals surface area contributed by atoms with Crippen LogP contribution in [0.5, 0.6) is 0 Å². The van der Waals surface area contributed by atoms with Gasteiger partial charge in [-0.25, -0.2) is 14.4 Å². The van der Waals surface area contributed by atoms with Gasteiger partial charge in [-0.15, -0.1) is 0 Å². The van der Waals surface area contributed by atoms with Crippen molar-refractivity contribution in [3.05, 3.63) is 41.4 Å². The van der Waals surface area contributed by atoms with Crippen molar-refractivity contribution >= 4 is 17.4 Å². The van der Waals surface area contributed by atoms with Gasteiger partial charge in [-0.2, -0.15) is 0 Å². The van der Waals surface area contributed by atoms with Crippen LogP contribution >= 0.6 is 11.6 Å². The molecule has 0 fully saturated rings. The standard InChI is InChI=1S/C12H11ClFN3/c1-2-15-12-6-11(16-7-17-12)9-4-3-8(13)5-10(9)14/h3-7H,2H2,1H3,(H,15,16,17). The van der Waals surface area contributed by atoms with Crippen LogP contribution in [0.2, 0.25) is 5.02 Å². The summed E-state index contributed by atoms with van der Waals surface area (Å²) in [4.78, 5) is 8.08. The first-order valence-corrected chi connectivity index (χ1v) is 5.60. The molecular weight excluding hydrogens is 241 g/mol. The van der Waals surface area contributed by atoms with Crippen molar-refractivity contribution in [2.45, 2.75) is 6.92 Å². The fourth-order valence-corrected chi connectivity index (χ4v) is 1.64. The molecule has 0 aliphatic rings. The Balaban J connectivity index is 2.42. The quantitative estimate of drug-likeness (QED) is 0.909. The van der Waals surface area contributed by atoms with Gasteiger partial charge in [-0.1, -0.05) is 11.6 Å². The lowest BCUT2D eigenvalue weighted by molar-refractivity contribution is 0.631. The molecule has 17 heavy (non-hydrogen) atoms. The van der Waals surface area contributed by atoms with Gasteiger partial charge in [0, 0.05) is 23.2 Å². The molecule has 3 nitrogen and oxygen atoms in total. The van der Waals surface area contributed by atoms with Gasteiger partial charge < -0.3 is 5.32 Å². The van der Waals surface area contributed by atoms with Gasteiger partial charge in [0.25, 0.3) is 0 Å². The molecule has 1 N–H and O–H groups in total. The van der Waals surface area contributed by atoms with E-state index in [2.05, 4.69) is 15.3 Å². The molecule has 2 aromatic rings. The summed E-state index contributed by atoms with van der Waals surface area (Å²) in [6.07, 6.45) is 1.40. The fourth-order valence-electron chi connectivity index (χ4n) is 1.48. The zero-order valence-electron chi connectivity index (χ0n) is 9.24. The molecule has 0 saturated heterocycles. The molecule has 0 saturated carbocycles. The van der Waals surface area contributed by atoms with Gasteiger partial charge in [0.15, 0.2) is 0 Å². The highest BCUT2D eigenvalue weighted by molar-refractivity contribution is 6.30. The first-order chi connectivity index (χ1) is 8.20. The monoisotopic (exact) mass is 251 g/mol. The topological polar surface area (TPSA) is 37.8 Å². The van der Waals surface area contributed by atoms with Crippen LogP contribution in [0.25, 0.3) is 11.3 Å². The van der Waals surface area contributed by atoms with Gasteiger partial charge in [-0.3, -0.25) is 0 Å². The van der Waals surface area contributed by atoms with Gasteiger partial charge in [0.2, 0.25) is 0 Å². The molecule has 0 radical (unpaired) electrons. The average Bonchev–Trinajstić information content (AvgIpc) is 2.29. The molecule has 1 aromatic heterocycles. The molecular formula is C12H11ClFN3. The second-order valence-electron chi connectivity index (χ2n) is 3.44. The number of rotatable bonds is 3. The van der Waals surface area contributed by atoms with Crippen LogP contribution in [0, 0.1) is 5.82 Å². The Kier molecular flexibility index (Phi) is 3.54. The highest BCUT2D eigenvalue weighted by Crippen LogP contribution is 2.24. The minimum absolute atomic E-state index is 0.368. The van der Waals surface area contributed by atoms with Crippen LogP contribution in [0.1, 0.15) is 6.92 Å². The summed E-state index contributed by atoms with van der Waals surface area (Å²) < 4.78 is 13.7. The zero-order valence-corrected chi connectivity index (χ0v) is 10.0.